The van der Waals surface area contributed by atoms with Crippen LogP contribution in [0.4, 0.5) is 0 Å². The number of hydrogen-bond acceptors (Lipinski definition) is 3. The molecule has 1 aliphatic heterocycles. The highest BCUT2D eigenvalue weighted by atomic mass is 32.1. The van der Waals surface area contributed by atoms with Crippen LogP contribution in [0.2, 0.25) is 0 Å². The number of nitrogens with two attached hydrogens (primary N) is 1. The van der Waals surface area contributed by atoms with E-state index in [1.165, 1.54) is 0 Å². The molecule has 94 valence electrons. The van der Waals surface area contributed by atoms with Crippen molar-refractivity contribution in [3.8, 4) is 0 Å². The molecule has 18 heavy (non-hydrogen) atoms. The van der Waals surface area contributed by atoms with Crippen molar-refractivity contribution in [1.29, 1.82) is 0 Å². The average molecular weight is 262 g/mol. The second-order valence-corrected chi connectivity index (χ2v) is 5.15. The quantitative estimate of drug-likeness (QED) is 0.652. The van der Waals surface area contributed by atoms with Crippen LogP contribution in [0.3, 0.4) is 0 Å². The van der Waals surface area contributed by atoms with Gasteiger partial charge < -0.3 is 5.73 Å². The van der Waals surface area contributed by atoms with E-state index in [1.54, 1.807) is 6.92 Å². The van der Waals surface area contributed by atoms with E-state index in [-0.39, 0.29) is 29.8 Å². The van der Waals surface area contributed by atoms with Gasteiger partial charge in [0.25, 0.3) is 0 Å². The number of rotatable bonds is 3. The normalized spacial score (nSPS) is 23.5. The number of amides is 2. The van der Waals surface area contributed by atoms with E-state index >= 15 is 0 Å². The SMILES string of the molecule is CC1(c2ccccc2)CC(=O)N(CC(N)=S)C1=O. The number of benzene rings is 1. The monoisotopic (exact) mass is 262 g/mol. The Hall–Kier alpha value is -1.75. The molecule has 1 unspecified atom stereocenters. The van der Waals surface area contributed by atoms with Crippen molar-refractivity contribution in [2.75, 3.05) is 6.54 Å². The molecule has 1 aromatic carbocycles. The molecule has 4 nitrogen and oxygen atoms in total. The van der Waals surface area contributed by atoms with Gasteiger partial charge in [0.2, 0.25) is 11.8 Å². The molecule has 0 aliphatic carbocycles. The summed E-state index contributed by atoms with van der Waals surface area (Å²) in [5.74, 6) is -0.453. The molecule has 0 saturated carbocycles. The van der Waals surface area contributed by atoms with Gasteiger partial charge >= 0.3 is 0 Å². The van der Waals surface area contributed by atoms with Gasteiger partial charge in [0.15, 0.2) is 0 Å². The Morgan fingerprint density at radius 2 is 2.00 bits per heavy atom. The lowest BCUT2D eigenvalue weighted by molar-refractivity contribution is -0.138. The number of hydrogen-bond donors (Lipinski definition) is 1. The first kappa shape index (κ1) is 12.7. The van der Waals surface area contributed by atoms with Crippen LogP contribution < -0.4 is 5.73 Å². The van der Waals surface area contributed by atoms with Crippen LogP contribution in [-0.4, -0.2) is 28.2 Å². The number of likely N-dealkylation sites (tertiary alicyclic amines) is 1. The lowest BCUT2D eigenvalue weighted by Gasteiger charge is -2.22. The summed E-state index contributed by atoms with van der Waals surface area (Å²) in [4.78, 5) is 25.6. The van der Waals surface area contributed by atoms with Crippen molar-refractivity contribution in [3.05, 3.63) is 35.9 Å². The zero-order valence-electron chi connectivity index (χ0n) is 10.1. The molecule has 1 aromatic rings. The highest BCUT2D eigenvalue weighted by Crippen LogP contribution is 2.35. The molecule has 0 bridgehead atoms. The smallest absolute Gasteiger partial charge is 0.240 e. The summed E-state index contributed by atoms with van der Waals surface area (Å²) in [7, 11) is 0. The van der Waals surface area contributed by atoms with E-state index in [1.807, 2.05) is 30.3 Å². The van der Waals surface area contributed by atoms with Crippen LogP contribution in [0.1, 0.15) is 18.9 Å². The first-order valence-electron chi connectivity index (χ1n) is 5.64. The van der Waals surface area contributed by atoms with E-state index in [2.05, 4.69) is 0 Å². The first-order valence-corrected chi connectivity index (χ1v) is 6.04. The van der Waals surface area contributed by atoms with Gasteiger partial charge in [-0.05, 0) is 12.5 Å². The third kappa shape index (κ3) is 2.01. The number of carbonyl (C=O) groups is 2. The lowest BCUT2D eigenvalue weighted by Crippen LogP contribution is -2.40. The van der Waals surface area contributed by atoms with Gasteiger partial charge in [0.05, 0.1) is 16.9 Å². The zero-order valence-corrected chi connectivity index (χ0v) is 10.9. The summed E-state index contributed by atoms with van der Waals surface area (Å²) in [6, 6.07) is 9.30. The second kappa shape index (κ2) is 4.49. The van der Waals surface area contributed by atoms with Crippen LogP contribution in [0.25, 0.3) is 0 Å². The lowest BCUT2D eigenvalue weighted by atomic mass is 9.81. The number of nitrogens with zero attached hydrogens (tertiary/aromatic N) is 1. The predicted molar refractivity (Wildman–Crippen MR) is 71.9 cm³/mol. The van der Waals surface area contributed by atoms with Crippen molar-refractivity contribution in [2.24, 2.45) is 5.73 Å². The summed E-state index contributed by atoms with van der Waals surface area (Å²) in [5, 5.41) is 0. The van der Waals surface area contributed by atoms with E-state index in [0.29, 0.717) is 0 Å². The largest absolute Gasteiger partial charge is 0.392 e. The van der Waals surface area contributed by atoms with Crippen LogP contribution >= 0.6 is 12.2 Å². The third-order valence-electron chi connectivity index (χ3n) is 3.25. The molecular weight excluding hydrogens is 248 g/mol. The Morgan fingerprint density at radius 1 is 1.39 bits per heavy atom. The molecule has 0 aromatic heterocycles. The van der Waals surface area contributed by atoms with E-state index < -0.39 is 5.41 Å². The molecule has 1 saturated heterocycles. The summed E-state index contributed by atoms with van der Waals surface area (Å²) < 4.78 is 0. The minimum Gasteiger partial charge on any atom is -0.392 e. The van der Waals surface area contributed by atoms with Gasteiger partial charge in [0, 0.05) is 6.42 Å². The Kier molecular flexibility index (Phi) is 3.17. The molecule has 2 N–H and O–H groups in total. The highest BCUT2D eigenvalue weighted by Gasteiger charge is 2.49. The van der Waals surface area contributed by atoms with Gasteiger partial charge in [-0.1, -0.05) is 42.5 Å². The van der Waals surface area contributed by atoms with E-state index in [0.717, 1.165) is 10.5 Å². The molecule has 2 amide bonds. The summed E-state index contributed by atoms with van der Waals surface area (Å²) in [6.07, 6.45) is 0.165. The predicted octanol–water partition coefficient (Wildman–Crippen LogP) is 0.989. The molecule has 2 rings (SSSR count). The Morgan fingerprint density at radius 3 is 2.56 bits per heavy atom. The Labute approximate surface area is 111 Å². The Bertz CT molecular complexity index is 515. The third-order valence-corrected chi connectivity index (χ3v) is 3.38. The summed E-state index contributed by atoms with van der Waals surface area (Å²) in [6.45, 7) is 1.80. The average Bonchev–Trinajstić information content (AvgIpc) is 2.55. The van der Waals surface area contributed by atoms with Crippen molar-refractivity contribution in [1.82, 2.24) is 4.90 Å². The van der Waals surface area contributed by atoms with Crippen molar-refractivity contribution in [2.45, 2.75) is 18.8 Å². The molecular formula is C13H14N2O2S. The molecule has 1 heterocycles. The van der Waals surface area contributed by atoms with Crippen LogP contribution in [0.15, 0.2) is 30.3 Å². The molecule has 5 heteroatoms. The van der Waals surface area contributed by atoms with Gasteiger partial charge in [-0.3, -0.25) is 14.5 Å². The highest BCUT2D eigenvalue weighted by molar-refractivity contribution is 7.80. The van der Waals surface area contributed by atoms with Crippen molar-refractivity contribution in [3.63, 3.8) is 0 Å². The number of imide groups is 1. The van der Waals surface area contributed by atoms with Gasteiger partial charge in [-0.25, -0.2) is 0 Å². The maximum atomic E-state index is 12.4. The van der Waals surface area contributed by atoms with Crippen LogP contribution in [-0.2, 0) is 15.0 Å². The second-order valence-electron chi connectivity index (χ2n) is 4.63. The summed E-state index contributed by atoms with van der Waals surface area (Å²) in [5.41, 5.74) is 5.45. The molecule has 1 atom stereocenters. The zero-order chi connectivity index (χ0) is 13.3. The van der Waals surface area contributed by atoms with E-state index in [9.17, 15) is 9.59 Å². The van der Waals surface area contributed by atoms with E-state index in [4.69, 9.17) is 18.0 Å². The van der Waals surface area contributed by atoms with Gasteiger partial charge in [-0.2, -0.15) is 0 Å². The molecule has 0 radical (unpaired) electrons. The maximum Gasteiger partial charge on any atom is 0.240 e. The fourth-order valence-electron chi connectivity index (χ4n) is 2.23. The van der Waals surface area contributed by atoms with Gasteiger partial charge in [-0.15, -0.1) is 0 Å². The topological polar surface area (TPSA) is 63.4 Å². The standard InChI is InChI=1S/C13H14N2O2S/c1-13(9-5-3-2-4-6-9)7-11(16)15(12(13)17)8-10(14)18/h2-6H,7-8H2,1H3,(H2,14,18). The van der Waals surface area contributed by atoms with Crippen molar-refractivity contribution >= 4 is 29.0 Å². The molecule has 1 fully saturated rings. The number of carbonyl (C=O) groups excluding carboxylic acids is 2. The first-order chi connectivity index (χ1) is 8.45. The maximum absolute atomic E-state index is 12.4. The Balaban J connectivity index is 2.35. The fraction of sp³-hybridized carbons (Fsp3) is 0.308. The fourth-order valence-corrected chi connectivity index (χ4v) is 2.36. The van der Waals surface area contributed by atoms with Crippen molar-refractivity contribution < 1.29 is 9.59 Å². The van der Waals surface area contributed by atoms with Gasteiger partial charge in [0.1, 0.15) is 0 Å². The summed E-state index contributed by atoms with van der Waals surface area (Å²) >= 11 is 4.76. The van der Waals surface area contributed by atoms with Crippen LogP contribution in [0.5, 0.6) is 0 Å². The minimum absolute atomic E-state index is 0.0232. The van der Waals surface area contributed by atoms with Crippen LogP contribution in [0, 0.1) is 0 Å². The molecule has 0 spiro atoms. The number of thiocarbonyl (C=S) groups is 1. The molecule has 1 aliphatic rings. The minimum atomic E-state index is -0.802.